The number of benzene rings is 3. The molecule has 0 fully saturated rings. The molecule has 0 unspecified atom stereocenters. The molecular weight excluding hydrogens is 448 g/mol. The Balaban J connectivity index is 1.45. The van der Waals surface area contributed by atoms with Gasteiger partial charge in [0, 0.05) is 21.8 Å². The van der Waals surface area contributed by atoms with E-state index in [-0.39, 0.29) is 17.9 Å². The molecule has 0 spiro atoms. The van der Waals surface area contributed by atoms with E-state index < -0.39 is 6.10 Å². The molecule has 0 bridgehead atoms. The minimum atomic E-state index is -0.523. The fraction of sp³-hybridized carbons (Fsp3) is 0.286. The van der Waals surface area contributed by atoms with Crippen molar-refractivity contribution in [2.45, 2.75) is 51.3 Å². The van der Waals surface area contributed by atoms with Crippen molar-refractivity contribution in [3.63, 3.8) is 0 Å². The first-order valence-electron chi connectivity index (χ1n) is 11.8. The summed E-state index contributed by atoms with van der Waals surface area (Å²) in [7, 11) is 0. The molecule has 5 rings (SSSR count). The first-order valence-corrected chi connectivity index (χ1v) is 12.2. The quantitative estimate of drug-likeness (QED) is 0.492. The highest BCUT2D eigenvalue weighted by atomic mass is 35.5. The van der Waals surface area contributed by atoms with Gasteiger partial charge in [0.15, 0.2) is 6.10 Å². The van der Waals surface area contributed by atoms with Gasteiger partial charge < -0.3 is 15.0 Å². The van der Waals surface area contributed by atoms with E-state index in [0.717, 1.165) is 24.8 Å². The van der Waals surface area contributed by atoms with E-state index in [4.69, 9.17) is 16.3 Å². The van der Waals surface area contributed by atoms with E-state index in [1.54, 1.807) is 24.3 Å². The third kappa shape index (κ3) is 4.40. The maximum Gasteiger partial charge on any atom is 0.264 e. The molecule has 1 aliphatic heterocycles. The zero-order valence-electron chi connectivity index (χ0n) is 19.1. The lowest BCUT2D eigenvalue weighted by Gasteiger charge is -2.36. The number of amides is 2. The van der Waals surface area contributed by atoms with Crippen LogP contribution in [0.1, 0.15) is 59.3 Å². The minimum Gasteiger partial charge on any atom is -0.480 e. The van der Waals surface area contributed by atoms with Crippen molar-refractivity contribution in [2.24, 2.45) is 0 Å². The average Bonchev–Trinajstić information content (AvgIpc) is 3.00. The van der Waals surface area contributed by atoms with E-state index in [1.165, 1.54) is 11.1 Å². The number of nitrogens with zero attached hydrogens (tertiary/aromatic N) is 1. The molecule has 2 aliphatic rings. The number of hydrogen-bond donors (Lipinski definition) is 1. The van der Waals surface area contributed by atoms with Crippen LogP contribution in [0.3, 0.4) is 0 Å². The second kappa shape index (κ2) is 9.51. The van der Waals surface area contributed by atoms with Crippen LogP contribution in [0, 0.1) is 0 Å². The molecule has 1 N–H and O–H groups in total. The highest BCUT2D eigenvalue weighted by Crippen LogP contribution is 2.39. The average molecular weight is 475 g/mol. The van der Waals surface area contributed by atoms with Crippen molar-refractivity contribution in [1.82, 2.24) is 4.90 Å². The maximum absolute atomic E-state index is 13.5. The van der Waals surface area contributed by atoms with Crippen LogP contribution >= 0.6 is 11.6 Å². The third-order valence-corrected chi connectivity index (χ3v) is 6.93. The zero-order valence-corrected chi connectivity index (χ0v) is 19.8. The van der Waals surface area contributed by atoms with Crippen LogP contribution in [0.2, 0.25) is 5.02 Å². The van der Waals surface area contributed by atoms with Crippen molar-refractivity contribution in [2.75, 3.05) is 5.32 Å². The van der Waals surface area contributed by atoms with Gasteiger partial charge >= 0.3 is 0 Å². The summed E-state index contributed by atoms with van der Waals surface area (Å²) in [5.41, 5.74) is 4.62. The van der Waals surface area contributed by atoms with Crippen LogP contribution in [-0.4, -0.2) is 22.8 Å². The summed E-state index contributed by atoms with van der Waals surface area (Å²) in [5.74, 6) is 0.496. The van der Waals surface area contributed by atoms with Crippen LogP contribution in [0.5, 0.6) is 5.75 Å². The Labute approximate surface area is 204 Å². The molecule has 34 heavy (non-hydrogen) atoms. The summed E-state index contributed by atoms with van der Waals surface area (Å²) < 4.78 is 6.17. The fourth-order valence-electron chi connectivity index (χ4n) is 4.92. The Morgan fingerprint density at radius 2 is 1.88 bits per heavy atom. The zero-order chi connectivity index (χ0) is 23.7. The Hall–Kier alpha value is -3.31. The van der Waals surface area contributed by atoms with Gasteiger partial charge in [0.2, 0.25) is 0 Å². The molecule has 0 saturated heterocycles. The van der Waals surface area contributed by atoms with Crippen molar-refractivity contribution in [3.05, 3.63) is 94.0 Å². The summed E-state index contributed by atoms with van der Waals surface area (Å²) >= 11 is 5.94. The van der Waals surface area contributed by atoms with E-state index in [2.05, 4.69) is 23.5 Å². The molecule has 1 heterocycles. The van der Waals surface area contributed by atoms with Crippen LogP contribution in [0.25, 0.3) is 0 Å². The number of carbonyl (C=O) groups excluding carboxylic acids is 2. The summed E-state index contributed by atoms with van der Waals surface area (Å²) in [6.45, 7) is 2.41. The highest BCUT2D eigenvalue weighted by Gasteiger charge is 2.36. The van der Waals surface area contributed by atoms with E-state index in [1.807, 2.05) is 36.1 Å². The molecule has 5 nitrogen and oxygen atoms in total. The van der Waals surface area contributed by atoms with Crippen molar-refractivity contribution < 1.29 is 14.3 Å². The molecule has 0 radical (unpaired) electrons. The Bertz CT molecular complexity index is 1220. The molecule has 174 valence electrons. The molecule has 1 aliphatic carbocycles. The summed E-state index contributed by atoms with van der Waals surface area (Å²) in [4.78, 5) is 28.2. The Morgan fingerprint density at radius 1 is 1.09 bits per heavy atom. The van der Waals surface area contributed by atoms with Gasteiger partial charge in [0.25, 0.3) is 11.8 Å². The lowest BCUT2D eigenvalue weighted by molar-refractivity contribution is -0.141. The number of anilines is 1. The van der Waals surface area contributed by atoms with Crippen molar-refractivity contribution in [3.8, 4) is 5.75 Å². The number of rotatable bonds is 4. The first-order chi connectivity index (χ1) is 16.5. The van der Waals surface area contributed by atoms with Crippen LogP contribution in [0.15, 0.2) is 66.7 Å². The summed E-state index contributed by atoms with van der Waals surface area (Å²) in [6.07, 6.45) is 3.09. The summed E-state index contributed by atoms with van der Waals surface area (Å²) in [6, 6.07) is 20.8. The molecular formula is C28H27ClN2O3. The first kappa shape index (κ1) is 22.5. The van der Waals surface area contributed by atoms with Gasteiger partial charge in [0.1, 0.15) is 5.75 Å². The van der Waals surface area contributed by atoms with Gasteiger partial charge in [-0.3, -0.25) is 9.59 Å². The second-order valence-corrected chi connectivity index (χ2v) is 9.31. The number of halogens is 1. The third-order valence-electron chi connectivity index (χ3n) is 6.68. The Morgan fingerprint density at radius 3 is 2.68 bits per heavy atom. The van der Waals surface area contributed by atoms with Gasteiger partial charge in [-0.25, -0.2) is 0 Å². The molecule has 3 aromatic rings. The van der Waals surface area contributed by atoms with Gasteiger partial charge in [0.05, 0.1) is 12.6 Å². The van der Waals surface area contributed by atoms with Gasteiger partial charge in [-0.05, 0) is 79.3 Å². The predicted molar refractivity (Wildman–Crippen MR) is 133 cm³/mol. The van der Waals surface area contributed by atoms with Gasteiger partial charge in [-0.2, -0.15) is 0 Å². The van der Waals surface area contributed by atoms with Crippen LogP contribution in [0.4, 0.5) is 5.69 Å². The number of aryl methyl sites for hydroxylation is 1. The molecule has 0 aromatic heterocycles. The lowest BCUT2D eigenvalue weighted by Crippen LogP contribution is -2.42. The monoisotopic (exact) mass is 474 g/mol. The van der Waals surface area contributed by atoms with Crippen molar-refractivity contribution >= 4 is 29.1 Å². The molecule has 6 heteroatoms. The number of hydrogen-bond acceptors (Lipinski definition) is 3. The number of nitrogens with one attached hydrogen (secondary N) is 1. The second-order valence-electron chi connectivity index (χ2n) is 8.87. The normalized spacial score (nSPS) is 19.5. The topological polar surface area (TPSA) is 58.6 Å². The van der Waals surface area contributed by atoms with Crippen molar-refractivity contribution in [1.29, 1.82) is 0 Å². The van der Waals surface area contributed by atoms with Crippen LogP contribution < -0.4 is 10.1 Å². The van der Waals surface area contributed by atoms with E-state index >= 15 is 0 Å². The number of fused-ring (bicyclic) bond motifs is 2. The number of ether oxygens (including phenoxy) is 1. The molecule has 0 saturated carbocycles. The fourth-order valence-corrected chi connectivity index (χ4v) is 5.05. The lowest BCUT2D eigenvalue weighted by atomic mass is 9.86. The van der Waals surface area contributed by atoms with E-state index in [0.29, 0.717) is 35.0 Å². The minimum absolute atomic E-state index is 0.0205. The predicted octanol–water partition coefficient (Wildman–Crippen LogP) is 6.17. The van der Waals surface area contributed by atoms with Gasteiger partial charge in [-0.1, -0.05) is 42.8 Å². The highest BCUT2D eigenvalue weighted by molar-refractivity contribution is 6.30. The Kier molecular flexibility index (Phi) is 6.29. The SMILES string of the molecule is CC[C@H]1Oc2ccc(NC(=O)c3ccc(Cl)cc3)cc2CN([C@@H]2CCCc3ccccc32)C1=O. The largest absolute Gasteiger partial charge is 0.480 e. The number of carbonyl (C=O) groups is 2. The summed E-state index contributed by atoms with van der Waals surface area (Å²) in [5, 5.41) is 3.54. The smallest absolute Gasteiger partial charge is 0.264 e. The van der Waals surface area contributed by atoms with Crippen LogP contribution in [-0.2, 0) is 17.8 Å². The molecule has 2 atom stereocenters. The van der Waals surface area contributed by atoms with Gasteiger partial charge in [-0.15, -0.1) is 0 Å². The molecule has 3 aromatic carbocycles. The maximum atomic E-state index is 13.5. The standard InChI is InChI=1S/C28H27ClN2O3/c1-2-25-28(33)31(24-9-5-7-18-6-3-4-8-23(18)24)17-20-16-22(14-15-26(20)34-25)30-27(32)19-10-12-21(29)13-11-19/h3-4,6,8,10-16,24-25H,2,5,7,9,17H2,1H3,(H,30,32)/t24-,25-/m1/s1. The molecule has 2 amide bonds. The van der Waals surface area contributed by atoms with E-state index in [9.17, 15) is 9.59 Å².